The van der Waals surface area contributed by atoms with Crippen LogP contribution in [0.5, 0.6) is 0 Å². The monoisotopic (exact) mass is 495 g/mol. The first-order valence-corrected chi connectivity index (χ1v) is 13.9. The molecule has 35 heavy (non-hydrogen) atoms. The third kappa shape index (κ3) is 4.86. The van der Waals surface area contributed by atoms with Crippen molar-refractivity contribution in [1.29, 1.82) is 0 Å². The molecule has 0 aromatic heterocycles. The van der Waals surface area contributed by atoms with Crippen molar-refractivity contribution in [1.82, 2.24) is 14.1 Å². The number of carbonyl (C=O) groups excluding carboxylic acids is 2. The molecular weight excluding hydrogens is 462 g/mol. The molecule has 5 rings (SSSR count). The first-order chi connectivity index (χ1) is 16.7. The molecule has 2 bridgehead atoms. The maximum atomic E-state index is 13.6. The number of fused-ring (bicyclic) bond motifs is 2. The number of hydrogen-bond donors (Lipinski definition) is 0. The van der Waals surface area contributed by atoms with E-state index in [0.29, 0.717) is 50.5 Å². The second-order valence-corrected chi connectivity index (χ2v) is 12.3. The molecule has 2 amide bonds. The van der Waals surface area contributed by atoms with Gasteiger partial charge in [-0.2, -0.15) is 4.31 Å². The maximum absolute atomic E-state index is 13.6. The third-order valence-corrected chi connectivity index (χ3v) is 9.45. The van der Waals surface area contributed by atoms with E-state index in [4.69, 9.17) is 0 Å². The van der Waals surface area contributed by atoms with Crippen molar-refractivity contribution < 1.29 is 18.0 Å². The van der Waals surface area contributed by atoms with Crippen LogP contribution in [0.3, 0.4) is 0 Å². The van der Waals surface area contributed by atoms with Crippen LogP contribution in [0.2, 0.25) is 0 Å². The van der Waals surface area contributed by atoms with E-state index in [2.05, 4.69) is 0 Å². The van der Waals surface area contributed by atoms with E-state index in [0.717, 1.165) is 23.1 Å². The Balaban J connectivity index is 1.26. The summed E-state index contributed by atoms with van der Waals surface area (Å²) in [5.41, 5.74) is 3.21. The predicted molar refractivity (Wildman–Crippen MR) is 133 cm³/mol. The molecule has 3 saturated heterocycles. The Morgan fingerprint density at radius 1 is 0.886 bits per heavy atom. The molecule has 2 unspecified atom stereocenters. The van der Waals surface area contributed by atoms with Crippen LogP contribution < -0.4 is 0 Å². The molecule has 8 heteroatoms. The van der Waals surface area contributed by atoms with Crippen molar-refractivity contribution in [2.24, 2.45) is 11.8 Å². The van der Waals surface area contributed by atoms with Crippen LogP contribution in [0, 0.1) is 25.7 Å². The summed E-state index contributed by atoms with van der Waals surface area (Å²) in [6, 6.07) is 14.6. The molecule has 3 aliphatic rings. The van der Waals surface area contributed by atoms with Crippen LogP contribution in [-0.2, 0) is 26.2 Å². The summed E-state index contributed by atoms with van der Waals surface area (Å²) in [5, 5.41) is 0. The van der Waals surface area contributed by atoms with E-state index >= 15 is 0 Å². The van der Waals surface area contributed by atoms with Crippen LogP contribution in [0.25, 0.3) is 0 Å². The summed E-state index contributed by atoms with van der Waals surface area (Å²) in [7, 11) is -3.55. The van der Waals surface area contributed by atoms with Crippen LogP contribution in [-0.4, -0.2) is 66.6 Å². The second kappa shape index (κ2) is 9.39. The van der Waals surface area contributed by atoms with Gasteiger partial charge >= 0.3 is 0 Å². The van der Waals surface area contributed by atoms with Gasteiger partial charge in [-0.1, -0.05) is 47.5 Å². The van der Waals surface area contributed by atoms with Gasteiger partial charge < -0.3 is 9.80 Å². The predicted octanol–water partition coefficient (Wildman–Crippen LogP) is 2.96. The van der Waals surface area contributed by atoms with Crippen LogP contribution >= 0.6 is 0 Å². The molecule has 3 aliphatic heterocycles. The van der Waals surface area contributed by atoms with Gasteiger partial charge in [0.05, 0.1) is 4.90 Å². The lowest BCUT2D eigenvalue weighted by Gasteiger charge is -2.46. The van der Waals surface area contributed by atoms with Gasteiger partial charge in [-0.15, -0.1) is 0 Å². The van der Waals surface area contributed by atoms with E-state index in [-0.39, 0.29) is 23.7 Å². The first-order valence-electron chi connectivity index (χ1n) is 12.4. The van der Waals surface area contributed by atoms with E-state index in [1.165, 1.54) is 0 Å². The van der Waals surface area contributed by atoms with Gasteiger partial charge in [-0.25, -0.2) is 8.42 Å². The molecule has 0 radical (unpaired) electrons. The second-order valence-electron chi connectivity index (χ2n) is 10.4. The highest BCUT2D eigenvalue weighted by atomic mass is 32.2. The molecule has 0 N–H and O–H groups in total. The number of aryl methyl sites for hydroxylation is 2. The summed E-state index contributed by atoms with van der Waals surface area (Å²) < 4.78 is 28.1. The lowest BCUT2D eigenvalue weighted by Crippen LogP contribution is -2.57. The van der Waals surface area contributed by atoms with Gasteiger partial charge in [0, 0.05) is 39.1 Å². The summed E-state index contributed by atoms with van der Waals surface area (Å²) in [6.45, 7) is 6.33. The zero-order chi connectivity index (χ0) is 24.7. The van der Waals surface area contributed by atoms with E-state index in [1.807, 2.05) is 55.1 Å². The Bertz CT molecular complexity index is 1200. The number of likely N-dealkylation sites (tertiary alicyclic amines) is 2. The number of carbonyl (C=O) groups is 2. The Morgan fingerprint density at radius 2 is 1.46 bits per heavy atom. The summed E-state index contributed by atoms with van der Waals surface area (Å²) in [5.74, 6) is 0.243. The molecular formula is C27H33N3O4S. The SMILES string of the molecule is Cc1ccc(CN2C(=O)CC[C@H]2C(=O)N2CC3CC(C2)CN(S(=O)(=O)c2ccc(C)cc2)C3)cc1. The Hall–Kier alpha value is -2.71. The number of piperidine rings is 2. The highest BCUT2D eigenvalue weighted by molar-refractivity contribution is 7.89. The Labute approximate surface area is 207 Å². The normalized spacial score (nSPS) is 25.2. The minimum Gasteiger partial charge on any atom is -0.340 e. The van der Waals surface area contributed by atoms with Crippen molar-refractivity contribution in [3.05, 3.63) is 65.2 Å². The van der Waals surface area contributed by atoms with E-state index in [1.54, 1.807) is 21.3 Å². The zero-order valence-corrected chi connectivity index (χ0v) is 21.2. The number of benzene rings is 2. The molecule has 186 valence electrons. The molecule has 2 aromatic carbocycles. The summed E-state index contributed by atoms with van der Waals surface area (Å²) >= 11 is 0. The summed E-state index contributed by atoms with van der Waals surface area (Å²) in [4.78, 5) is 30.1. The fourth-order valence-corrected chi connectivity index (χ4v) is 7.35. The van der Waals surface area contributed by atoms with Crippen LogP contribution in [0.1, 0.15) is 36.0 Å². The average molecular weight is 496 g/mol. The number of sulfonamides is 1. The van der Waals surface area contributed by atoms with Gasteiger partial charge in [-0.05, 0) is 56.2 Å². The van der Waals surface area contributed by atoms with Crippen molar-refractivity contribution >= 4 is 21.8 Å². The average Bonchev–Trinajstić information content (AvgIpc) is 3.19. The molecule has 0 spiro atoms. The molecule has 7 nitrogen and oxygen atoms in total. The number of rotatable bonds is 5. The smallest absolute Gasteiger partial charge is 0.245 e. The van der Waals surface area contributed by atoms with Gasteiger partial charge in [0.25, 0.3) is 0 Å². The molecule has 2 aromatic rings. The minimum atomic E-state index is -3.55. The highest BCUT2D eigenvalue weighted by Gasteiger charge is 2.44. The van der Waals surface area contributed by atoms with E-state index in [9.17, 15) is 18.0 Å². The molecule has 3 atom stereocenters. The van der Waals surface area contributed by atoms with Gasteiger partial charge in [0.2, 0.25) is 21.8 Å². The van der Waals surface area contributed by atoms with Gasteiger partial charge in [0.1, 0.15) is 6.04 Å². The highest BCUT2D eigenvalue weighted by Crippen LogP contribution is 2.33. The van der Waals surface area contributed by atoms with Crippen LogP contribution in [0.4, 0.5) is 0 Å². The van der Waals surface area contributed by atoms with E-state index < -0.39 is 16.1 Å². The van der Waals surface area contributed by atoms with Crippen molar-refractivity contribution in [2.75, 3.05) is 26.2 Å². The largest absolute Gasteiger partial charge is 0.340 e. The minimum absolute atomic E-state index is 0.00695. The van der Waals surface area contributed by atoms with Crippen LogP contribution in [0.15, 0.2) is 53.4 Å². The quantitative estimate of drug-likeness (QED) is 0.639. The third-order valence-electron chi connectivity index (χ3n) is 7.60. The molecule has 3 fully saturated rings. The first kappa shape index (κ1) is 24.0. The fourth-order valence-electron chi connectivity index (χ4n) is 5.76. The molecule has 0 saturated carbocycles. The van der Waals surface area contributed by atoms with Crippen molar-refractivity contribution in [3.63, 3.8) is 0 Å². The number of nitrogens with zero attached hydrogens (tertiary/aromatic N) is 3. The zero-order valence-electron chi connectivity index (χ0n) is 20.4. The Kier molecular flexibility index (Phi) is 6.44. The number of amides is 2. The Morgan fingerprint density at radius 3 is 2.06 bits per heavy atom. The topological polar surface area (TPSA) is 78.0 Å². The van der Waals surface area contributed by atoms with Crippen molar-refractivity contribution in [3.8, 4) is 0 Å². The van der Waals surface area contributed by atoms with Crippen molar-refractivity contribution in [2.45, 2.75) is 50.6 Å². The summed E-state index contributed by atoms with van der Waals surface area (Å²) in [6.07, 6.45) is 1.87. The fraction of sp³-hybridized carbons (Fsp3) is 0.481. The lowest BCUT2D eigenvalue weighted by molar-refractivity contribution is -0.144. The standard InChI is InChI=1S/C27H33N3O4S/c1-19-3-7-21(8-4-19)18-30-25(11-12-26(30)31)27(32)28-14-22-13-23(15-28)17-29(16-22)35(33,34)24-9-5-20(2)6-10-24/h3-10,22-23,25H,11-18H2,1-2H3/t22?,23?,25-/m0/s1. The molecule has 0 aliphatic carbocycles. The number of hydrogen-bond acceptors (Lipinski definition) is 4. The maximum Gasteiger partial charge on any atom is 0.245 e. The lowest BCUT2D eigenvalue weighted by atomic mass is 9.85. The van der Waals surface area contributed by atoms with Gasteiger partial charge in [0.15, 0.2) is 0 Å². The van der Waals surface area contributed by atoms with Gasteiger partial charge in [-0.3, -0.25) is 9.59 Å². The molecule has 3 heterocycles.